The average molecular weight is 327 g/mol. The number of nitrogens with zero attached hydrogens (tertiary/aromatic N) is 1. The quantitative estimate of drug-likeness (QED) is 0.807. The number of carbonyl (C=O) groups excluding carboxylic acids is 1. The maximum absolute atomic E-state index is 12.3. The summed E-state index contributed by atoms with van der Waals surface area (Å²) in [5, 5.41) is 0.561. The number of hydrogen-bond acceptors (Lipinski definition) is 3. The van der Waals surface area contributed by atoms with Crippen molar-refractivity contribution in [1.82, 2.24) is 4.98 Å². The van der Waals surface area contributed by atoms with Crippen LogP contribution in [0.2, 0.25) is 5.02 Å². The summed E-state index contributed by atoms with van der Waals surface area (Å²) >= 11 is 9.16. The van der Waals surface area contributed by atoms with Crippen LogP contribution >= 0.6 is 27.5 Å². The van der Waals surface area contributed by atoms with E-state index in [1.165, 1.54) is 7.11 Å². The van der Waals surface area contributed by atoms with E-state index in [0.717, 1.165) is 0 Å². The lowest BCUT2D eigenvalue weighted by Gasteiger charge is -2.07. The number of ether oxygens (including phenoxy) is 1. The molecule has 1 aromatic heterocycles. The molecule has 0 atom stereocenters. The van der Waals surface area contributed by atoms with Gasteiger partial charge in [0.2, 0.25) is 5.78 Å². The van der Waals surface area contributed by atoms with E-state index in [9.17, 15) is 4.79 Å². The summed E-state index contributed by atoms with van der Waals surface area (Å²) in [4.78, 5) is 16.4. The fraction of sp³-hybridized carbons (Fsp3) is 0.0769. The Morgan fingerprint density at radius 2 is 2.17 bits per heavy atom. The first-order valence-electron chi connectivity index (χ1n) is 5.12. The molecule has 5 heteroatoms. The standard InChI is InChI=1S/C13H9BrClNO2/c1-18-11-3-2-6-16-12(11)13(17)9-5-4-8(15)7-10(9)14/h2-7H,1H3. The monoisotopic (exact) mass is 325 g/mol. The van der Waals surface area contributed by atoms with Gasteiger partial charge in [0, 0.05) is 21.3 Å². The summed E-state index contributed by atoms with van der Waals surface area (Å²) in [6, 6.07) is 8.40. The van der Waals surface area contributed by atoms with Gasteiger partial charge < -0.3 is 4.74 Å². The molecule has 2 aromatic rings. The van der Waals surface area contributed by atoms with Crippen molar-refractivity contribution >= 4 is 33.3 Å². The number of hydrogen-bond donors (Lipinski definition) is 0. The molecule has 2 rings (SSSR count). The first-order valence-corrected chi connectivity index (χ1v) is 6.29. The Kier molecular flexibility index (Phi) is 3.99. The van der Waals surface area contributed by atoms with Crippen molar-refractivity contribution in [2.45, 2.75) is 0 Å². The van der Waals surface area contributed by atoms with Gasteiger partial charge in [-0.15, -0.1) is 0 Å². The van der Waals surface area contributed by atoms with Gasteiger partial charge in [0.05, 0.1) is 7.11 Å². The molecule has 0 amide bonds. The Morgan fingerprint density at radius 1 is 1.39 bits per heavy atom. The van der Waals surface area contributed by atoms with Gasteiger partial charge in [-0.3, -0.25) is 4.79 Å². The second kappa shape index (κ2) is 5.50. The number of rotatable bonds is 3. The fourth-order valence-corrected chi connectivity index (χ4v) is 2.39. The zero-order valence-electron chi connectivity index (χ0n) is 9.48. The molecule has 0 N–H and O–H groups in total. The van der Waals surface area contributed by atoms with E-state index < -0.39 is 0 Å². The molecule has 0 unspecified atom stereocenters. The van der Waals surface area contributed by atoms with Crippen LogP contribution in [0, 0.1) is 0 Å². The van der Waals surface area contributed by atoms with Crippen LogP contribution in [0.15, 0.2) is 41.0 Å². The fourth-order valence-electron chi connectivity index (χ4n) is 1.53. The van der Waals surface area contributed by atoms with E-state index in [1.54, 1.807) is 36.5 Å². The Morgan fingerprint density at radius 3 is 2.83 bits per heavy atom. The summed E-state index contributed by atoms with van der Waals surface area (Å²) in [5.41, 5.74) is 0.777. The summed E-state index contributed by atoms with van der Waals surface area (Å²) in [7, 11) is 1.50. The number of halogens is 2. The molecule has 3 nitrogen and oxygen atoms in total. The lowest BCUT2D eigenvalue weighted by atomic mass is 10.1. The van der Waals surface area contributed by atoms with Gasteiger partial charge in [0.1, 0.15) is 5.75 Å². The van der Waals surface area contributed by atoms with Crippen molar-refractivity contribution < 1.29 is 9.53 Å². The highest BCUT2D eigenvalue weighted by molar-refractivity contribution is 9.10. The van der Waals surface area contributed by atoms with Crippen molar-refractivity contribution in [2.24, 2.45) is 0 Å². The molecule has 0 radical (unpaired) electrons. The second-order valence-corrected chi connectivity index (χ2v) is 4.80. The topological polar surface area (TPSA) is 39.2 Å². The van der Waals surface area contributed by atoms with Gasteiger partial charge in [-0.05, 0) is 46.3 Å². The first-order chi connectivity index (χ1) is 8.63. The van der Waals surface area contributed by atoms with Crippen LogP contribution in [0.25, 0.3) is 0 Å². The third kappa shape index (κ3) is 2.54. The van der Waals surface area contributed by atoms with Gasteiger partial charge >= 0.3 is 0 Å². The molecule has 0 bridgehead atoms. The van der Waals surface area contributed by atoms with E-state index in [4.69, 9.17) is 16.3 Å². The lowest BCUT2D eigenvalue weighted by Crippen LogP contribution is -2.07. The minimum Gasteiger partial charge on any atom is -0.494 e. The number of ketones is 1. The Labute approximate surface area is 118 Å². The number of carbonyl (C=O) groups is 1. The van der Waals surface area contributed by atoms with Crippen molar-refractivity contribution in [1.29, 1.82) is 0 Å². The largest absolute Gasteiger partial charge is 0.494 e. The Hall–Kier alpha value is -1.39. The summed E-state index contributed by atoms with van der Waals surface area (Å²) < 4.78 is 5.76. The van der Waals surface area contributed by atoms with Crippen LogP contribution in [0.5, 0.6) is 5.75 Å². The third-order valence-corrected chi connectivity index (χ3v) is 3.27. The first kappa shape index (κ1) is 13.1. The molecule has 0 spiro atoms. The highest BCUT2D eigenvalue weighted by Gasteiger charge is 2.18. The number of benzene rings is 1. The van der Waals surface area contributed by atoms with Crippen LogP contribution in [0.4, 0.5) is 0 Å². The normalized spacial score (nSPS) is 10.2. The van der Waals surface area contributed by atoms with Gasteiger partial charge in [0.15, 0.2) is 5.69 Å². The summed E-state index contributed by atoms with van der Waals surface area (Å²) in [6.07, 6.45) is 1.56. The molecule has 18 heavy (non-hydrogen) atoms. The molecule has 92 valence electrons. The van der Waals surface area contributed by atoms with Gasteiger partial charge in [-0.1, -0.05) is 11.6 Å². The van der Waals surface area contributed by atoms with Crippen LogP contribution in [-0.2, 0) is 0 Å². The van der Waals surface area contributed by atoms with E-state index in [1.807, 2.05) is 0 Å². The zero-order valence-corrected chi connectivity index (χ0v) is 11.8. The van der Waals surface area contributed by atoms with Crippen molar-refractivity contribution in [2.75, 3.05) is 7.11 Å². The minimum absolute atomic E-state index is 0.212. The van der Waals surface area contributed by atoms with Gasteiger partial charge in [0.25, 0.3) is 0 Å². The van der Waals surface area contributed by atoms with Crippen LogP contribution in [0.1, 0.15) is 16.1 Å². The van der Waals surface area contributed by atoms with Crippen molar-refractivity contribution in [3.8, 4) is 5.75 Å². The minimum atomic E-state index is -0.212. The molecule has 0 aliphatic heterocycles. The molecule has 0 aliphatic rings. The predicted molar refractivity (Wildman–Crippen MR) is 73.4 cm³/mol. The number of aromatic nitrogens is 1. The van der Waals surface area contributed by atoms with Gasteiger partial charge in [-0.2, -0.15) is 0 Å². The molecule has 0 fully saturated rings. The molecule has 0 saturated carbocycles. The molecule has 0 saturated heterocycles. The average Bonchev–Trinajstić information content (AvgIpc) is 2.38. The Balaban J connectivity index is 2.48. The van der Waals surface area contributed by atoms with E-state index in [0.29, 0.717) is 20.8 Å². The molecule has 0 aliphatic carbocycles. The van der Waals surface area contributed by atoms with Crippen LogP contribution < -0.4 is 4.74 Å². The van der Waals surface area contributed by atoms with Crippen molar-refractivity contribution in [3.05, 3.63) is 57.3 Å². The predicted octanol–water partition coefficient (Wildman–Crippen LogP) is 3.74. The van der Waals surface area contributed by atoms with Crippen molar-refractivity contribution in [3.63, 3.8) is 0 Å². The van der Waals surface area contributed by atoms with E-state index >= 15 is 0 Å². The molecule has 1 aromatic carbocycles. The molecular weight excluding hydrogens is 318 g/mol. The van der Waals surface area contributed by atoms with Crippen LogP contribution in [0.3, 0.4) is 0 Å². The van der Waals surface area contributed by atoms with E-state index in [2.05, 4.69) is 20.9 Å². The smallest absolute Gasteiger partial charge is 0.216 e. The summed E-state index contributed by atoms with van der Waals surface area (Å²) in [5.74, 6) is 0.236. The maximum atomic E-state index is 12.3. The Bertz CT molecular complexity index is 601. The molecule has 1 heterocycles. The lowest BCUT2D eigenvalue weighted by molar-refractivity contribution is 0.103. The highest BCUT2D eigenvalue weighted by Crippen LogP contribution is 2.26. The van der Waals surface area contributed by atoms with Crippen LogP contribution in [-0.4, -0.2) is 17.9 Å². The number of methoxy groups -OCH3 is 1. The highest BCUT2D eigenvalue weighted by atomic mass is 79.9. The third-order valence-electron chi connectivity index (χ3n) is 2.38. The zero-order chi connectivity index (χ0) is 13.1. The number of pyridine rings is 1. The van der Waals surface area contributed by atoms with Gasteiger partial charge in [-0.25, -0.2) is 4.98 Å². The molecular formula is C13H9BrClNO2. The second-order valence-electron chi connectivity index (χ2n) is 3.51. The van der Waals surface area contributed by atoms with E-state index in [-0.39, 0.29) is 11.5 Å². The SMILES string of the molecule is COc1cccnc1C(=O)c1ccc(Cl)cc1Br. The maximum Gasteiger partial charge on any atom is 0.216 e. The summed E-state index contributed by atoms with van der Waals surface area (Å²) in [6.45, 7) is 0.